The van der Waals surface area contributed by atoms with E-state index < -0.39 is 18.4 Å². The van der Waals surface area contributed by atoms with Crippen molar-refractivity contribution in [1.82, 2.24) is 15.3 Å². The highest BCUT2D eigenvalue weighted by molar-refractivity contribution is 5.96. The van der Waals surface area contributed by atoms with Gasteiger partial charge in [-0.25, -0.2) is 9.97 Å². The molecule has 1 aromatic carbocycles. The molecule has 0 radical (unpaired) electrons. The first kappa shape index (κ1) is 15.4. The first-order valence-corrected chi connectivity index (χ1v) is 6.63. The summed E-state index contributed by atoms with van der Waals surface area (Å²) in [6.45, 7) is 3.32. The number of aromatic nitrogens is 2. The highest BCUT2D eigenvalue weighted by atomic mass is 16.4. The molecule has 2 aromatic rings. The van der Waals surface area contributed by atoms with Gasteiger partial charge in [-0.05, 0) is 38.1 Å². The molecule has 0 fully saturated rings. The minimum atomic E-state index is -1.09. The summed E-state index contributed by atoms with van der Waals surface area (Å²) < 4.78 is 0. The summed E-state index contributed by atoms with van der Waals surface area (Å²) in [6, 6.07) is 8.54. The van der Waals surface area contributed by atoms with Crippen molar-refractivity contribution in [3.8, 4) is 0 Å². The van der Waals surface area contributed by atoms with E-state index in [-0.39, 0.29) is 0 Å². The predicted octanol–water partition coefficient (Wildman–Crippen LogP) is 1.65. The number of aryl methyl sites for hydroxylation is 2. The van der Waals surface area contributed by atoms with Gasteiger partial charge in [-0.2, -0.15) is 0 Å². The van der Waals surface area contributed by atoms with Crippen molar-refractivity contribution in [2.45, 2.75) is 13.8 Å². The molecule has 0 spiro atoms. The van der Waals surface area contributed by atoms with Crippen LogP contribution in [0.4, 0.5) is 11.6 Å². The normalized spacial score (nSPS) is 10.1. The second-order valence-corrected chi connectivity index (χ2v) is 4.76. The van der Waals surface area contributed by atoms with Crippen LogP contribution in [0.5, 0.6) is 0 Å². The summed E-state index contributed by atoms with van der Waals surface area (Å²) in [6.07, 6.45) is 0. The molecule has 0 saturated carbocycles. The number of carbonyl (C=O) groups excluding carboxylic acids is 1. The lowest BCUT2D eigenvalue weighted by Crippen LogP contribution is -2.29. The summed E-state index contributed by atoms with van der Waals surface area (Å²) in [7, 11) is 0. The zero-order valence-corrected chi connectivity index (χ0v) is 12.3. The number of nitrogens with one attached hydrogen (secondary N) is 2. The maximum absolute atomic E-state index is 11.8. The summed E-state index contributed by atoms with van der Waals surface area (Å²) in [5, 5.41) is 13.9. The molecule has 1 heterocycles. The van der Waals surface area contributed by atoms with Crippen molar-refractivity contribution in [2.75, 3.05) is 11.9 Å². The maximum atomic E-state index is 11.8. The molecule has 2 rings (SSSR count). The SMILES string of the molecule is Cc1cc(C)nc(Nc2cccc(C(=O)NCC(=O)O)c2)n1. The van der Waals surface area contributed by atoms with Gasteiger partial charge in [-0.15, -0.1) is 0 Å². The molecule has 1 amide bonds. The van der Waals surface area contributed by atoms with Gasteiger partial charge in [0.05, 0.1) is 0 Å². The van der Waals surface area contributed by atoms with Crippen LogP contribution in [0.3, 0.4) is 0 Å². The molecule has 1 aromatic heterocycles. The fourth-order valence-corrected chi connectivity index (χ4v) is 1.91. The van der Waals surface area contributed by atoms with E-state index in [0.29, 0.717) is 17.2 Å². The topological polar surface area (TPSA) is 104 Å². The molecule has 3 N–H and O–H groups in total. The molecular weight excluding hydrogens is 284 g/mol. The molecule has 0 bridgehead atoms. The van der Waals surface area contributed by atoms with Crippen LogP contribution in [0.15, 0.2) is 30.3 Å². The second kappa shape index (κ2) is 6.66. The van der Waals surface area contributed by atoms with E-state index in [4.69, 9.17) is 5.11 Å². The number of carboxylic acid groups (broad SMARTS) is 1. The maximum Gasteiger partial charge on any atom is 0.322 e. The van der Waals surface area contributed by atoms with Gasteiger partial charge in [0.2, 0.25) is 5.95 Å². The molecule has 7 nitrogen and oxygen atoms in total. The minimum absolute atomic E-state index is 0.357. The van der Waals surface area contributed by atoms with E-state index in [1.807, 2.05) is 19.9 Å². The van der Waals surface area contributed by atoms with E-state index in [9.17, 15) is 9.59 Å². The average Bonchev–Trinajstić information content (AvgIpc) is 2.44. The summed E-state index contributed by atoms with van der Waals surface area (Å²) in [5.41, 5.74) is 2.68. The van der Waals surface area contributed by atoms with E-state index in [2.05, 4.69) is 20.6 Å². The number of rotatable bonds is 5. The van der Waals surface area contributed by atoms with Gasteiger partial charge in [0.1, 0.15) is 6.54 Å². The Kier molecular flexibility index (Phi) is 4.67. The number of carboxylic acids is 1. The van der Waals surface area contributed by atoms with Crippen LogP contribution in [0.25, 0.3) is 0 Å². The van der Waals surface area contributed by atoms with Gasteiger partial charge >= 0.3 is 5.97 Å². The fraction of sp³-hybridized carbons (Fsp3) is 0.200. The first-order chi connectivity index (χ1) is 10.4. The summed E-state index contributed by atoms with van der Waals surface area (Å²) >= 11 is 0. The Morgan fingerprint density at radius 3 is 2.45 bits per heavy atom. The highest BCUT2D eigenvalue weighted by Gasteiger charge is 2.08. The van der Waals surface area contributed by atoms with Crippen molar-refractivity contribution in [2.24, 2.45) is 0 Å². The van der Waals surface area contributed by atoms with Crippen LogP contribution in [-0.4, -0.2) is 33.5 Å². The third-order valence-corrected chi connectivity index (χ3v) is 2.76. The third kappa shape index (κ3) is 4.27. The Labute approximate surface area is 127 Å². The zero-order valence-electron chi connectivity index (χ0n) is 12.3. The summed E-state index contributed by atoms with van der Waals surface area (Å²) in [5.74, 6) is -1.10. The number of hydrogen-bond acceptors (Lipinski definition) is 5. The third-order valence-electron chi connectivity index (χ3n) is 2.76. The molecule has 0 atom stereocenters. The van der Waals surface area contributed by atoms with Crippen LogP contribution < -0.4 is 10.6 Å². The highest BCUT2D eigenvalue weighted by Crippen LogP contribution is 2.15. The summed E-state index contributed by atoms with van der Waals surface area (Å²) in [4.78, 5) is 30.8. The molecule has 0 aliphatic carbocycles. The van der Waals surface area contributed by atoms with E-state index in [0.717, 1.165) is 11.4 Å². The van der Waals surface area contributed by atoms with E-state index >= 15 is 0 Å². The van der Waals surface area contributed by atoms with Gasteiger partial charge in [0.25, 0.3) is 5.91 Å². The molecular formula is C15H16N4O3. The number of nitrogens with zero attached hydrogens (tertiary/aromatic N) is 2. The molecule has 114 valence electrons. The number of amides is 1. The molecule has 22 heavy (non-hydrogen) atoms. The predicted molar refractivity (Wildman–Crippen MR) is 81.2 cm³/mol. The molecule has 0 aliphatic rings. The van der Waals surface area contributed by atoms with Gasteiger partial charge in [0, 0.05) is 22.6 Å². The molecule has 0 aliphatic heterocycles. The molecule has 0 saturated heterocycles. The Balaban J connectivity index is 2.14. The Morgan fingerprint density at radius 2 is 1.82 bits per heavy atom. The second-order valence-electron chi connectivity index (χ2n) is 4.76. The quantitative estimate of drug-likeness (QED) is 0.775. The fourth-order valence-electron chi connectivity index (χ4n) is 1.91. The van der Waals surface area contributed by atoms with Crippen molar-refractivity contribution in [1.29, 1.82) is 0 Å². The van der Waals surface area contributed by atoms with Crippen molar-refractivity contribution >= 4 is 23.5 Å². The largest absolute Gasteiger partial charge is 0.480 e. The average molecular weight is 300 g/mol. The Hall–Kier alpha value is -2.96. The van der Waals surface area contributed by atoms with Crippen molar-refractivity contribution < 1.29 is 14.7 Å². The first-order valence-electron chi connectivity index (χ1n) is 6.63. The number of benzene rings is 1. The van der Waals surface area contributed by atoms with Crippen molar-refractivity contribution in [3.05, 3.63) is 47.3 Å². The van der Waals surface area contributed by atoms with E-state index in [1.165, 1.54) is 0 Å². The number of hydrogen-bond donors (Lipinski definition) is 3. The van der Waals surface area contributed by atoms with Crippen molar-refractivity contribution in [3.63, 3.8) is 0 Å². The van der Waals surface area contributed by atoms with Crippen LogP contribution in [0.2, 0.25) is 0 Å². The Morgan fingerprint density at radius 1 is 1.14 bits per heavy atom. The smallest absolute Gasteiger partial charge is 0.322 e. The van der Waals surface area contributed by atoms with Gasteiger partial charge < -0.3 is 15.7 Å². The molecule has 7 heteroatoms. The van der Waals surface area contributed by atoms with Crippen LogP contribution in [0.1, 0.15) is 21.7 Å². The van der Waals surface area contributed by atoms with Gasteiger partial charge in [-0.1, -0.05) is 6.07 Å². The van der Waals surface area contributed by atoms with Crippen LogP contribution in [0, 0.1) is 13.8 Å². The van der Waals surface area contributed by atoms with Gasteiger partial charge in [-0.3, -0.25) is 9.59 Å². The van der Waals surface area contributed by atoms with E-state index in [1.54, 1.807) is 24.3 Å². The lowest BCUT2D eigenvalue weighted by atomic mass is 10.2. The molecule has 0 unspecified atom stereocenters. The van der Waals surface area contributed by atoms with Crippen LogP contribution >= 0.6 is 0 Å². The number of aliphatic carboxylic acids is 1. The lowest BCUT2D eigenvalue weighted by molar-refractivity contribution is -0.135. The number of carbonyl (C=O) groups is 2. The van der Waals surface area contributed by atoms with Crippen LogP contribution in [-0.2, 0) is 4.79 Å². The standard InChI is InChI=1S/C15H16N4O3/c1-9-6-10(2)18-15(17-9)19-12-5-3-4-11(7-12)14(22)16-8-13(20)21/h3-7H,8H2,1-2H3,(H,16,22)(H,20,21)(H,17,18,19). The minimum Gasteiger partial charge on any atom is -0.480 e. The Bertz CT molecular complexity index is 695. The van der Waals surface area contributed by atoms with Gasteiger partial charge in [0.15, 0.2) is 0 Å². The monoisotopic (exact) mass is 300 g/mol. The zero-order chi connectivity index (χ0) is 16.1. The number of anilines is 2. The lowest BCUT2D eigenvalue weighted by Gasteiger charge is -2.08.